The topological polar surface area (TPSA) is 132 Å². The molecule has 3 rings (SSSR count). The zero-order valence-corrected chi connectivity index (χ0v) is 19.8. The summed E-state index contributed by atoms with van der Waals surface area (Å²) in [5.41, 5.74) is 1.31. The molecule has 33 heavy (non-hydrogen) atoms. The summed E-state index contributed by atoms with van der Waals surface area (Å²) in [6.45, 7) is 1.27. The second-order valence-electron chi connectivity index (χ2n) is 7.01. The van der Waals surface area contributed by atoms with Crippen molar-refractivity contribution in [1.29, 1.82) is 0 Å². The van der Waals surface area contributed by atoms with Crippen LogP contribution in [0.4, 0.5) is 5.69 Å². The Bertz CT molecular complexity index is 1240. The smallest absolute Gasteiger partial charge is 0.341 e. The third-order valence-electron chi connectivity index (χ3n) is 4.28. The minimum absolute atomic E-state index is 0.0966. The highest BCUT2D eigenvalue weighted by Gasteiger charge is 2.18. The van der Waals surface area contributed by atoms with Gasteiger partial charge in [-0.1, -0.05) is 16.9 Å². The fourth-order valence-electron chi connectivity index (χ4n) is 2.62. The van der Waals surface area contributed by atoms with Gasteiger partial charge in [0.25, 0.3) is 5.91 Å². The van der Waals surface area contributed by atoms with Gasteiger partial charge in [-0.05, 0) is 43.3 Å². The molecule has 0 fully saturated rings. The maximum absolute atomic E-state index is 12.5. The van der Waals surface area contributed by atoms with Crippen LogP contribution in [0.1, 0.15) is 21.8 Å². The van der Waals surface area contributed by atoms with Crippen molar-refractivity contribution in [2.24, 2.45) is 0 Å². The van der Waals surface area contributed by atoms with Gasteiger partial charge in [-0.15, -0.1) is 0 Å². The molecule has 0 aliphatic rings. The molecule has 0 spiro atoms. The van der Waals surface area contributed by atoms with Crippen LogP contribution in [0.25, 0.3) is 0 Å². The molecule has 0 saturated heterocycles. The number of esters is 1. The van der Waals surface area contributed by atoms with E-state index in [1.54, 1.807) is 31.3 Å². The normalized spacial score (nSPS) is 11.4. The Hall–Kier alpha value is -3.22. The third-order valence-corrected chi connectivity index (χ3v) is 7.14. The van der Waals surface area contributed by atoms with Crippen LogP contribution in [0.15, 0.2) is 63.1 Å². The highest BCUT2D eigenvalue weighted by atomic mass is 32.2. The van der Waals surface area contributed by atoms with Crippen molar-refractivity contribution >= 4 is 39.3 Å². The summed E-state index contributed by atoms with van der Waals surface area (Å²) in [5, 5.41) is 6.91. The number of hydrogen-bond acceptors (Lipinski definition) is 9. The van der Waals surface area contributed by atoms with Crippen LogP contribution in [-0.2, 0) is 25.3 Å². The van der Waals surface area contributed by atoms with Crippen molar-refractivity contribution in [2.75, 3.05) is 26.0 Å². The predicted octanol–water partition coefficient (Wildman–Crippen LogP) is 2.72. The summed E-state index contributed by atoms with van der Waals surface area (Å²) in [6.07, 6.45) is 1.56. The number of anilines is 1. The van der Waals surface area contributed by atoms with Crippen LogP contribution in [0.2, 0.25) is 0 Å². The van der Waals surface area contributed by atoms with E-state index in [0.29, 0.717) is 27.9 Å². The molecule has 0 unspecified atom stereocenters. The minimum Gasteiger partial charge on any atom is -0.452 e. The first-order valence-electron chi connectivity index (χ1n) is 9.66. The zero-order valence-electron chi connectivity index (χ0n) is 18.1. The van der Waals surface area contributed by atoms with Gasteiger partial charge in [-0.2, -0.15) is 0 Å². The average molecular weight is 491 g/mol. The summed E-state index contributed by atoms with van der Waals surface area (Å²) in [4.78, 5) is 29.0. The molecule has 0 aliphatic carbocycles. The Labute approximate surface area is 195 Å². The van der Waals surface area contributed by atoms with Gasteiger partial charge in [-0.3, -0.25) is 4.79 Å². The number of aromatic nitrogens is 2. The average Bonchev–Trinajstić information content (AvgIpc) is 3.21. The minimum atomic E-state index is -3.57. The first-order chi connectivity index (χ1) is 15.7. The van der Waals surface area contributed by atoms with Crippen molar-refractivity contribution in [3.05, 3.63) is 65.7 Å². The molecular weight excluding hydrogens is 468 g/mol. The van der Waals surface area contributed by atoms with Crippen LogP contribution in [0, 0.1) is 6.92 Å². The van der Waals surface area contributed by atoms with Crippen molar-refractivity contribution in [1.82, 2.24) is 14.4 Å². The molecule has 174 valence electrons. The summed E-state index contributed by atoms with van der Waals surface area (Å²) < 4.78 is 35.4. The molecule has 0 atom stereocenters. The van der Waals surface area contributed by atoms with Gasteiger partial charge in [0.1, 0.15) is 10.8 Å². The number of pyridine rings is 1. The molecule has 3 aromatic rings. The fourth-order valence-corrected chi connectivity index (χ4v) is 4.38. The van der Waals surface area contributed by atoms with Crippen LogP contribution in [0.3, 0.4) is 0 Å². The molecule has 10 nitrogen and oxygen atoms in total. The summed E-state index contributed by atoms with van der Waals surface area (Å²) in [7, 11) is -0.703. The fraction of sp³-hybridized carbons (Fsp3) is 0.238. The number of aryl methyl sites for hydroxylation is 1. The quantitative estimate of drug-likeness (QED) is 0.355. The van der Waals surface area contributed by atoms with E-state index < -0.39 is 28.5 Å². The number of sulfonamides is 1. The largest absolute Gasteiger partial charge is 0.452 e. The number of thioether (sulfide) groups is 1. The van der Waals surface area contributed by atoms with Crippen LogP contribution < -0.4 is 5.32 Å². The Balaban J connectivity index is 1.56. The van der Waals surface area contributed by atoms with E-state index >= 15 is 0 Å². The van der Waals surface area contributed by atoms with E-state index in [0.717, 1.165) is 4.31 Å². The number of rotatable bonds is 9. The van der Waals surface area contributed by atoms with Gasteiger partial charge in [0, 0.05) is 37.8 Å². The van der Waals surface area contributed by atoms with E-state index in [2.05, 4.69) is 15.5 Å². The van der Waals surface area contributed by atoms with E-state index in [-0.39, 0.29) is 10.5 Å². The van der Waals surface area contributed by atoms with Crippen LogP contribution in [0.5, 0.6) is 0 Å². The third kappa shape index (κ3) is 6.40. The van der Waals surface area contributed by atoms with Gasteiger partial charge in [0.2, 0.25) is 10.0 Å². The molecule has 1 amide bonds. The summed E-state index contributed by atoms with van der Waals surface area (Å²) in [5.74, 6) is -0.118. The van der Waals surface area contributed by atoms with Crippen LogP contribution >= 0.6 is 11.8 Å². The first-order valence-corrected chi connectivity index (χ1v) is 12.1. The van der Waals surface area contributed by atoms with E-state index in [9.17, 15) is 18.0 Å². The van der Waals surface area contributed by atoms with Crippen molar-refractivity contribution in [2.45, 2.75) is 22.6 Å². The second-order valence-corrected chi connectivity index (χ2v) is 10.1. The second kappa shape index (κ2) is 10.6. The van der Waals surface area contributed by atoms with Crippen molar-refractivity contribution < 1.29 is 27.3 Å². The molecule has 0 radical (unpaired) electrons. The predicted molar refractivity (Wildman–Crippen MR) is 121 cm³/mol. The Morgan fingerprint density at radius 1 is 1.18 bits per heavy atom. The molecule has 2 heterocycles. The summed E-state index contributed by atoms with van der Waals surface area (Å²) >= 11 is 1.30. The van der Waals surface area contributed by atoms with Gasteiger partial charge in [0.05, 0.1) is 16.2 Å². The number of ether oxygens (including phenoxy) is 1. The monoisotopic (exact) mass is 490 g/mol. The molecular formula is C21H22N4O6S2. The number of hydrogen-bond donors (Lipinski definition) is 1. The number of benzene rings is 1. The molecule has 0 saturated carbocycles. The van der Waals surface area contributed by atoms with E-state index in [4.69, 9.17) is 9.26 Å². The number of amides is 1. The van der Waals surface area contributed by atoms with E-state index in [1.165, 1.54) is 50.1 Å². The maximum Gasteiger partial charge on any atom is 0.341 e. The van der Waals surface area contributed by atoms with Gasteiger partial charge < -0.3 is 14.6 Å². The summed E-state index contributed by atoms with van der Waals surface area (Å²) in [6, 6.07) is 10.6. The van der Waals surface area contributed by atoms with E-state index in [1.807, 2.05) is 0 Å². The standard InChI is InChI=1S/C21H22N4O6S2/c1-14-11-16(24-31-14)13-32-20-18(5-4-10-22-20)21(27)30-12-19(26)23-15-6-8-17(9-7-15)33(28,29)25(2)3/h4-11H,12-13H2,1-3H3,(H,23,26). The highest BCUT2D eigenvalue weighted by Crippen LogP contribution is 2.24. The number of carbonyl (C=O) groups is 2. The lowest BCUT2D eigenvalue weighted by molar-refractivity contribution is -0.119. The van der Waals surface area contributed by atoms with Crippen LogP contribution in [-0.4, -0.2) is 55.4 Å². The molecule has 1 N–H and O–H groups in total. The SMILES string of the molecule is Cc1cc(CSc2ncccc2C(=O)OCC(=O)Nc2ccc(S(=O)(=O)N(C)C)cc2)no1. The molecule has 12 heteroatoms. The number of carbonyl (C=O) groups excluding carboxylic acids is 2. The number of nitrogens with zero attached hydrogens (tertiary/aromatic N) is 3. The lowest BCUT2D eigenvalue weighted by Gasteiger charge is -2.12. The van der Waals surface area contributed by atoms with Gasteiger partial charge >= 0.3 is 5.97 Å². The maximum atomic E-state index is 12.5. The lowest BCUT2D eigenvalue weighted by Crippen LogP contribution is -2.23. The first kappa shape index (κ1) is 24.4. The van der Waals surface area contributed by atoms with Crippen molar-refractivity contribution in [3.63, 3.8) is 0 Å². The molecule has 0 bridgehead atoms. The Kier molecular flexibility index (Phi) is 7.84. The number of nitrogens with one attached hydrogen (secondary N) is 1. The highest BCUT2D eigenvalue weighted by molar-refractivity contribution is 7.98. The Morgan fingerprint density at radius 2 is 1.91 bits per heavy atom. The van der Waals surface area contributed by atoms with Crippen molar-refractivity contribution in [3.8, 4) is 0 Å². The Morgan fingerprint density at radius 3 is 2.55 bits per heavy atom. The zero-order chi connectivity index (χ0) is 24.0. The van der Waals surface area contributed by atoms with Gasteiger partial charge in [-0.25, -0.2) is 22.5 Å². The lowest BCUT2D eigenvalue weighted by atomic mass is 10.3. The molecule has 1 aromatic carbocycles. The molecule has 0 aliphatic heterocycles. The van der Waals surface area contributed by atoms with Gasteiger partial charge in [0.15, 0.2) is 6.61 Å². The molecule has 2 aromatic heterocycles.